The fraction of sp³-hybridized carbons (Fsp3) is 0.500. The molecule has 2 saturated heterocycles. The van der Waals surface area contributed by atoms with Gasteiger partial charge in [-0.25, -0.2) is 0 Å². The molecule has 2 fully saturated rings. The number of rotatable bonds is 2. The van der Waals surface area contributed by atoms with Crippen molar-refractivity contribution < 1.29 is 15.0 Å². The molecule has 2 aliphatic heterocycles. The maximum atomic E-state index is 12.1. The first-order chi connectivity index (χ1) is 9.11. The largest absolute Gasteiger partial charge is 0.508 e. The number of piperidine rings is 1. The normalized spacial score (nSPS) is 29.2. The molecule has 2 atom stereocenters. The van der Waals surface area contributed by atoms with Crippen LogP contribution in [0.1, 0.15) is 36.0 Å². The fourth-order valence-corrected chi connectivity index (χ4v) is 3.15. The van der Waals surface area contributed by atoms with Crippen molar-refractivity contribution in [2.45, 2.75) is 43.8 Å². The van der Waals surface area contributed by atoms with E-state index in [4.69, 9.17) is 0 Å². The second kappa shape index (κ2) is 4.74. The van der Waals surface area contributed by atoms with Crippen LogP contribution in [0.4, 0.5) is 0 Å². The molecule has 5 heteroatoms. The van der Waals surface area contributed by atoms with Crippen molar-refractivity contribution >= 4 is 5.91 Å². The van der Waals surface area contributed by atoms with Gasteiger partial charge in [0, 0.05) is 24.2 Å². The van der Waals surface area contributed by atoms with Gasteiger partial charge in [-0.05, 0) is 37.8 Å². The van der Waals surface area contributed by atoms with Crippen molar-refractivity contribution in [2.24, 2.45) is 0 Å². The minimum absolute atomic E-state index is 0.0473. The number of carbonyl (C=O) groups excluding carboxylic acids is 1. The highest BCUT2D eigenvalue weighted by Crippen LogP contribution is 2.28. The van der Waals surface area contributed by atoms with Crippen molar-refractivity contribution in [2.75, 3.05) is 0 Å². The summed E-state index contributed by atoms with van der Waals surface area (Å²) in [7, 11) is 0. The zero-order valence-electron chi connectivity index (χ0n) is 10.6. The lowest BCUT2D eigenvalue weighted by Gasteiger charge is -2.29. The van der Waals surface area contributed by atoms with Crippen LogP contribution in [0.15, 0.2) is 18.2 Å². The average Bonchev–Trinajstić information content (AvgIpc) is 2.68. The molecule has 2 unspecified atom stereocenters. The predicted octanol–water partition coefficient (Wildman–Crippen LogP) is 1.11. The summed E-state index contributed by atoms with van der Waals surface area (Å²) in [5.74, 6) is -0.507. The highest BCUT2D eigenvalue weighted by Gasteiger charge is 2.34. The lowest BCUT2D eigenvalue weighted by Crippen LogP contribution is -2.48. The van der Waals surface area contributed by atoms with Gasteiger partial charge in [-0.15, -0.1) is 0 Å². The molecule has 1 aromatic carbocycles. The van der Waals surface area contributed by atoms with Crippen LogP contribution in [0.3, 0.4) is 0 Å². The number of phenolic OH excluding ortho intramolecular Hbond substituents is 2. The topological polar surface area (TPSA) is 81.6 Å². The minimum Gasteiger partial charge on any atom is -0.508 e. The predicted molar refractivity (Wildman–Crippen MR) is 70.2 cm³/mol. The first kappa shape index (κ1) is 12.3. The maximum absolute atomic E-state index is 12.1. The quantitative estimate of drug-likeness (QED) is 0.643. The lowest BCUT2D eigenvalue weighted by molar-refractivity contribution is 0.0921. The smallest absolute Gasteiger partial charge is 0.255 e. The summed E-state index contributed by atoms with van der Waals surface area (Å²) in [6.45, 7) is 0. The lowest BCUT2D eigenvalue weighted by atomic mass is 9.99. The van der Waals surface area contributed by atoms with E-state index >= 15 is 0 Å². The molecule has 2 heterocycles. The van der Waals surface area contributed by atoms with Crippen LogP contribution in [0.2, 0.25) is 0 Å². The van der Waals surface area contributed by atoms with Crippen LogP contribution < -0.4 is 10.6 Å². The van der Waals surface area contributed by atoms with Crippen molar-refractivity contribution in [3.8, 4) is 11.5 Å². The SMILES string of the molecule is O=C(NC1CC2CCC(C1)N2)c1ccc(O)cc1O. The van der Waals surface area contributed by atoms with E-state index in [0.29, 0.717) is 12.1 Å². The fourth-order valence-electron chi connectivity index (χ4n) is 3.15. The second-order valence-electron chi connectivity index (χ2n) is 5.48. The van der Waals surface area contributed by atoms with Crippen LogP contribution in [0.25, 0.3) is 0 Å². The van der Waals surface area contributed by atoms with Gasteiger partial charge in [-0.2, -0.15) is 0 Å². The van der Waals surface area contributed by atoms with Gasteiger partial charge in [-0.3, -0.25) is 4.79 Å². The van der Waals surface area contributed by atoms with Gasteiger partial charge in [0.2, 0.25) is 0 Å². The second-order valence-corrected chi connectivity index (χ2v) is 5.48. The van der Waals surface area contributed by atoms with Crippen molar-refractivity contribution in [3.05, 3.63) is 23.8 Å². The van der Waals surface area contributed by atoms with E-state index in [-0.39, 0.29) is 29.0 Å². The number of hydrogen-bond acceptors (Lipinski definition) is 4. The Hall–Kier alpha value is -1.75. The standard InChI is InChI=1S/C14H18N2O3/c17-11-3-4-12(13(18)7-11)14(19)16-10-5-8-1-2-9(6-10)15-8/h3-4,7-10,15,17-18H,1-2,5-6H2,(H,16,19). The summed E-state index contributed by atoms with van der Waals surface area (Å²) in [6.07, 6.45) is 4.26. The molecule has 0 aliphatic carbocycles. The highest BCUT2D eigenvalue weighted by molar-refractivity contribution is 5.97. The monoisotopic (exact) mass is 262 g/mol. The number of benzene rings is 1. The molecular weight excluding hydrogens is 244 g/mol. The van der Waals surface area contributed by atoms with E-state index in [0.717, 1.165) is 12.8 Å². The van der Waals surface area contributed by atoms with Gasteiger partial charge in [0.25, 0.3) is 5.91 Å². The Morgan fingerprint density at radius 3 is 2.53 bits per heavy atom. The Morgan fingerprint density at radius 1 is 1.21 bits per heavy atom. The molecule has 0 aromatic heterocycles. The van der Waals surface area contributed by atoms with Gasteiger partial charge < -0.3 is 20.8 Å². The third-order valence-electron chi connectivity index (χ3n) is 4.03. The molecule has 5 nitrogen and oxygen atoms in total. The molecule has 4 N–H and O–H groups in total. The average molecular weight is 262 g/mol. The number of hydrogen-bond donors (Lipinski definition) is 4. The van der Waals surface area contributed by atoms with Gasteiger partial charge >= 0.3 is 0 Å². The Labute approximate surface area is 111 Å². The van der Waals surface area contributed by atoms with E-state index < -0.39 is 0 Å². The van der Waals surface area contributed by atoms with E-state index in [1.54, 1.807) is 0 Å². The Bertz CT molecular complexity index is 491. The number of carbonyl (C=O) groups is 1. The third-order valence-corrected chi connectivity index (χ3v) is 4.03. The summed E-state index contributed by atoms with van der Waals surface area (Å²) < 4.78 is 0. The molecule has 3 rings (SSSR count). The summed E-state index contributed by atoms with van der Waals surface area (Å²) in [5.41, 5.74) is 0.212. The van der Waals surface area contributed by atoms with Crippen molar-refractivity contribution in [1.82, 2.24) is 10.6 Å². The molecule has 0 radical (unpaired) electrons. The zero-order chi connectivity index (χ0) is 13.4. The van der Waals surface area contributed by atoms with Crippen LogP contribution in [0.5, 0.6) is 11.5 Å². The number of amides is 1. The van der Waals surface area contributed by atoms with Gasteiger partial charge in [0.05, 0.1) is 5.56 Å². The van der Waals surface area contributed by atoms with Crippen molar-refractivity contribution in [1.29, 1.82) is 0 Å². The minimum atomic E-state index is -0.274. The summed E-state index contributed by atoms with van der Waals surface area (Å²) in [4.78, 5) is 12.1. The number of aromatic hydroxyl groups is 2. The van der Waals surface area contributed by atoms with Crippen LogP contribution in [-0.4, -0.2) is 34.2 Å². The molecule has 0 saturated carbocycles. The molecule has 102 valence electrons. The molecular formula is C14H18N2O3. The highest BCUT2D eigenvalue weighted by atomic mass is 16.3. The molecule has 19 heavy (non-hydrogen) atoms. The Morgan fingerprint density at radius 2 is 1.89 bits per heavy atom. The van der Waals surface area contributed by atoms with Crippen molar-refractivity contribution in [3.63, 3.8) is 0 Å². The van der Waals surface area contributed by atoms with E-state index in [2.05, 4.69) is 10.6 Å². The molecule has 1 aromatic rings. The van der Waals surface area contributed by atoms with Gasteiger partial charge in [0.1, 0.15) is 11.5 Å². The van der Waals surface area contributed by atoms with Crippen LogP contribution >= 0.6 is 0 Å². The zero-order valence-corrected chi connectivity index (χ0v) is 10.6. The van der Waals surface area contributed by atoms with Crippen LogP contribution in [0, 0.1) is 0 Å². The Balaban J connectivity index is 1.68. The number of nitrogens with one attached hydrogen (secondary N) is 2. The first-order valence-electron chi connectivity index (χ1n) is 6.70. The molecule has 2 bridgehead atoms. The number of phenols is 2. The van der Waals surface area contributed by atoms with Gasteiger partial charge in [0.15, 0.2) is 0 Å². The summed E-state index contributed by atoms with van der Waals surface area (Å²) in [6, 6.07) is 5.21. The first-order valence-corrected chi connectivity index (χ1v) is 6.70. The van der Waals surface area contributed by atoms with E-state index in [9.17, 15) is 15.0 Å². The maximum Gasteiger partial charge on any atom is 0.255 e. The number of fused-ring (bicyclic) bond motifs is 2. The molecule has 0 spiro atoms. The Kier molecular flexibility index (Phi) is 3.06. The molecule has 2 aliphatic rings. The van der Waals surface area contributed by atoms with E-state index in [1.165, 1.54) is 31.0 Å². The van der Waals surface area contributed by atoms with E-state index in [1.807, 2.05) is 0 Å². The van der Waals surface area contributed by atoms with Gasteiger partial charge in [-0.1, -0.05) is 0 Å². The third kappa shape index (κ3) is 2.51. The molecule has 1 amide bonds. The summed E-state index contributed by atoms with van der Waals surface area (Å²) >= 11 is 0. The van der Waals surface area contributed by atoms with Crippen LogP contribution in [-0.2, 0) is 0 Å². The summed E-state index contributed by atoms with van der Waals surface area (Å²) in [5, 5.41) is 25.4.